The Kier molecular flexibility index (Phi) is 8.05. The van der Waals surface area contributed by atoms with Crippen molar-refractivity contribution in [2.75, 3.05) is 18.5 Å². The average Bonchev–Trinajstić information content (AvgIpc) is 2.50. The lowest BCUT2D eigenvalue weighted by atomic mass is 10.2. The number of hydrogen-bond donors (Lipinski definition) is 3. The molecule has 120 valence electrons. The molecule has 3 N–H and O–H groups in total. The molecule has 1 rings (SSSR count). The van der Waals surface area contributed by atoms with E-state index in [1.54, 1.807) is 24.3 Å². The highest BCUT2D eigenvalue weighted by Gasteiger charge is 2.06. The fourth-order valence-electron chi connectivity index (χ4n) is 1.67. The predicted octanol–water partition coefficient (Wildman–Crippen LogP) is 1.78. The van der Waals surface area contributed by atoms with E-state index in [-0.39, 0.29) is 12.5 Å². The second-order valence-corrected chi connectivity index (χ2v) is 5.30. The summed E-state index contributed by atoms with van der Waals surface area (Å²) in [6, 6.07) is 7.33. The molecule has 0 fully saturated rings. The van der Waals surface area contributed by atoms with Gasteiger partial charge in [0.05, 0.1) is 0 Å². The van der Waals surface area contributed by atoms with Crippen LogP contribution in [0.2, 0.25) is 0 Å². The fourth-order valence-corrected chi connectivity index (χ4v) is 1.67. The van der Waals surface area contributed by atoms with Gasteiger partial charge in [0, 0.05) is 31.1 Å². The van der Waals surface area contributed by atoms with Crippen LogP contribution in [0.5, 0.6) is 5.75 Å². The van der Waals surface area contributed by atoms with E-state index in [4.69, 9.17) is 11.2 Å². The SMILES string of the molecule is C#CCCC(=O)Nc1ccc(OC[C@@H](O)CNC(C)C)cc1. The van der Waals surface area contributed by atoms with Crippen LogP contribution in [0.1, 0.15) is 26.7 Å². The molecule has 0 bridgehead atoms. The van der Waals surface area contributed by atoms with Crippen LogP contribution in [0.3, 0.4) is 0 Å². The number of aliphatic hydroxyl groups is 1. The summed E-state index contributed by atoms with van der Waals surface area (Å²) in [7, 11) is 0. The molecule has 0 aliphatic heterocycles. The van der Waals surface area contributed by atoms with Crippen molar-refractivity contribution in [3.8, 4) is 18.1 Å². The first-order valence-corrected chi connectivity index (χ1v) is 7.39. The van der Waals surface area contributed by atoms with E-state index in [0.717, 1.165) is 0 Å². The van der Waals surface area contributed by atoms with Gasteiger partial charge in [-0.3, -0.25) is 4.79 Å². The molecule has 1 atom stereocenters. The summed E-state index contributed by atoms with van der Waals surface area (Å²) in [4.78, 5) is 11.5. The lowest BCUT2D eigenvalue weighted by molar-refractivity contribution is -0.116. The number of nitrogens with one attached hydrogen (secondary N) is 2. The number of hydrogen-bond acceptors (Lipinski definition) is 4. The second kappa shape index (κ2) is 9.82. The van der Waals surface area contributed by atoms with Gasteiger partial charge in [-0.05, 0) is 24.3 Å². The van der Waals surface area contributed by atoms with E-state index in [0.29, 0.717) is 36.9 Å². The zero-order valence-corrected chi connectivity index (χ0v) is 13.1. The number of ether oxygens (including phenoxy) is 1. The number of anilines is 1. The summed E-state index contributed by atoms with van der Waals surface area (Å²) in [5.74, 6) is 2.96. The van der Waals surface area contributed by atoms with Gasteiger partial charge in [0.2, 0.25) is 5.91 Å². The van der Waals surface area contributed by atoms with E-state index < -0.39 is 6.10 Å². The monoisotopic (exact) mass is 304 g/mol. The summed E-state index contributed by atoms with van der Waals surface area (Å²) in [5.41, 5.74) is 0.691. The number of carbonyl (C=O) groups excluding carboxylic acids is 1. The van der Waals surface area contributed by atoms with Crippen molar-refractivity contribution in [2.24, 2.45) is 0 Å². The first-order valence-electron chi connectivity index (χ1n) is 7.39. The molecule has 0 spiro atoms. The van der Waals surface area contributed by atoms with Crippen LogP contribution in [0.25, 0.3) is 0 Å². The molecule has 1 aromatic carbocycles. The molecule has 0 saturated carbocycles. The van der Waals surface area contributed by atoms with Crippen molar-refractivity contribution in [1.29, 1.82) is 0 Å². The van der Waals surface area contributed by atoms with Gasteiger partial charge in [-0.15, -0.1) is 12.3 Å². The minimum absolute atomic E-state index is 0.109. The lowest BCUT2D eigenvalue weighted by Crippen LogP contribution is -2.35. The van der Waals surface area contributed by atoms with Crippen LogP contribution in [-0.4, -0.2) is 36.3 Å². The molecule has 0 aromatic heterocycles. The van der Waals surface area contributed by atoms with Gasteiger partial charge in [-0.25, -0.2) is 0 Å². The Bertz CT molecular complexity index is 492. The maximum atomic E-state index is 11.5. The van der Waals surface area contributed by atoms with Crippen molar-refractivity contribution >= 4 is 11.6 Å². The normalized spacial score (nSPS) is 11.8. The van der Waals surface area contributed by atoms with E-state index >= 15 is 0 Å². The average molecular weight is 304 g/mol. The summed E-state index contributed by atoms with van der Waals surface area (Å²) in [5, 5.41) is 15.6. The Labute approximate surface area is 132 Å². The van der Waals surface area contributed by atoms with Gasteiger partial charge in [0.15, 0.2) is 0 Å². The summed E-state index contributed by atoms with van der Waals surface area (Å²) in [6.45, 7) is 4.74. The highest BCUT2D eigenvalue weighted by molar-refractivity contribution is 5.90. The van der Waals surface area contributed by atoms with Gasteiger partial charge in [0.25, 0.3) is 0 Å². The minimum atomic E-state index is -0.564. The van der Waals surface area contributed by atoms with Crippen molar-refractivity contribution in [3.05, 3.63) is 24.3 Å². The van der Waals surface area contributed by atoms with Crippen LogP contribution < -0.4 is 15.4 Å². The van der Waals surface area contributed by atoms with Crippen LogP contribution in [0.4, 0.5) is 5.69 Å². The Morgan fingerprint density at radius 3 is 2.64 bits per heavy atom. The molecule has 22 heavy (non-hydrogen) atoms. The standard InChI is InChI=1S/C17H24N2O3/c1-4-5-6-17(21)19-14-7-9-16(10-8-14)22-12-15(20)11-18-13(2)3/h1,7-10,13,15,18,20H,5-6,11-12H2,2-3H3,(H,19,21)/t15-/m0/s1. The third-order valence-corrected chi connectivity index (χ3v) is 2.84. The van der Waals surface area contributed by atoms with Gasteiger partial charge in [-0.2, -0.15) is 0 Å². The Morgan fingerprint density at radius 1 is 1.36 bits per heavy atom. The fraction of sp³-hybridized carbons (Fsp3) is 0.471. The zero-order valence-electron chi connectivity index (χ0n) is 13.1. The number of rotatable bonds is 9. The summed E-state index contributed by atoms with van der Waals surface area (Å²) in [6.07, 6.45) is 5.29. The number of aliphatic hydroxyl groups excluding tert-OH is 1. The molecule has 1 aromatic rings. The van der Waals surface area contributed by atoms with Crippen LogP contribution in [-0.2, 0) is 4.79 Å². The largest absolute Gasteiger partial charge is 0.491 e. The third kappa shape index (κ3) is 7.67. The molecule has 5 nitrogen and oxygen atoms in total. The smallest absolute Gasteiger partial charge is 0.225 e. The number of benzene rings is 1. The van der Waals surface area contributed by atoms with Crippen molar-refractivity contribution in [1.82, 2.24) is 5.32 Å². The first-order chi connectivity index (χ1) is 10.5. The van der Waals surface area contributed by atoms with Crippen LogP contribution >= 0.6 is 0 Å². The maximum Gasteiger partial charge on any atom is 0.225 e. The second-order valence-electron chi connectivity index (χ2n) is 5.30. The molecule has 0 aliphatic carbocycles. The zero-order chi connectivity index (χ0) is 16.4. The quantitative estimate of drug-likeness (QED) is 0.608. The highest BCUT2D eigenvalue weighted by Crippen LogP contribution is 2.16. The van der Waals surface area contributed by atoms with Crippen LogP contribution in [0, 0.1) is 12.3 Å². The Morgan fingerprint density at radius 2 is 2.05 bits per heavy atom. The number of amides is 1. The molecule has 1 amide bonds. The van der Waals surface area contributed by atoms with Gasteiger partial charge in [0.1, 0.15) is 18.5 Å². The van der Waals surface area contributed by atoms with E-state index in [1.165, 1.54) is 0 Å². The maximum absolute atomic E-state index is 11.5. The predicted molar refractivity (Wildman–Crippen MR) is 87.8 cm³/mol. The Hall–Kier alpha value is -2.03. The lowest BCUT2D eigenvalue weighted by Gasteiger charge is -2.15. The topological polar surface area (TPSA) is 70.6 Å². The molecule has 0 unspecified atom stereocenters. The van der Waals surface area contributed by atoms with E-state index in [1.807, 2.05) is 13.8 Å². The third-order valence-electron chi connectivity index (χ3n) is 2.84. The molecule has 0 heterocycles. The minimum Gasteiger partial charge on any atom is -0.491 e. The Balaban J connectivity index is 2.35. The molecule has 0 aliphatic rings. The van der Waals surface area contributed by atoms with E-state index in [2.05, 4.69) is 16.6 Å². The van der Waals surface area contributed by atoms with Crippen LogP contribution in [0.15, 0.2) is 24.3 Å². The summed E-state index contributed by atoms with van der Waals surface area (Å²) < 4.78 is 5.50. The van der Waals surface area contributed by atoms with Gasteiger partial charge < -0.3 is 20.5 Å². The number of terminal acetylenes is 1. The molecule has 0 saturated heterocycles. The van der Waals surface area contributed by atoms with Gasteiger partial charge >= 0.3 is 0 Å². The van der Waals surface area contributed by atoms with Gasteiger partial charge in [-0.1, -0.05) is 13.8 Å². The highest BCUT2D eigenvalue weighted by atomic mass is 16.5. The molecular formula is C17H24N2O3. The molecule has 0 radical (unpaired) electrons. The van der Waals surface area contributed by atoms with Crippen molar-refractivity contribution in [3.63, 3.8) is 0 Å². The first kappa shape index (κ1) is 18.0. The number of carbonyl (C=O) groups is 1. The van der Waals surface area contributed by atoms with Crippen molar-refractivity contribution in [2.45, 2.75) is 38.8 Å². The molecule has 5 heteroatoms. The molecular weight excluding hydrogens is 280 g/mol. The van der Waals surface area contributed by atoms with Crippen molar-refractivity contribution < 1.29 is 14.6 Å². The van der Waals surface area contributed by atoms with E-state index in [9.17, 15) is 9.90 Å². The summed E-state index contributed by atoms with van der Waals surface area (Å²) >= 11 is 0.